The third-order valence-electron chi connectivity index (χ3n) is 5.23. The molecule has 0 aliphatic rings. The molecule has 0 fully saturated rings. The van der Waals surface area contributed by atoms with Crippen molar-refractivity contribution < 1.29 is 22.7 Å². The van der Waals surface area contributed by atoms with Gasteiger partial charge >= 0.3 is 0 Å². The second-order valence-corrected chi connectivity index (χ2v) is 9.42. The molecule has 1 atom stereocenters. The molecule has 0 aliphatic heterocycles. The normalized spacial score (nSPS) is 12.0. The van der Waals surface area contributed by atoms with Gasteiger partial charge in [0.05, 0.1) is 30.8 Å². The van der Waals surface area contributed by atoms with Crippen LogP contribution in [0.2, 0.25) is 0 Å². The Balaban J connectivity index is 1.97. The van der Waals surface area contributed by atoms with Gasteiger partial charge in [-0.15, -0.1) is 0 Å². The van der Waals surface area contributed by atoms with Gasteiger partial charge in [-0.05, 0) is 43.7 Å². The maximum atomic E-state index is 13.6. The van der Waals surface area contributed by atoms with Crippen molar-refractivity contribution in [3.8, 4) is 11.5 Å². The Bertz CT molecular complexity index is 1200. The number of nitrogens with one attached hydrogen (secondary N) is 1. The van der Waals surface area contributed by atoms with E-state index in [1.54, 1.807) is 30.3 Å². The van der Waals surface area contributed by atoms with Crippen LogP contribution in [0.15, 0.2) is 77.7 Å². The highest BCUT2D eigenvalue weighted by molar-refractivity contribution is 7.92. The zero-order chi connectivity index (χ0) is 24.0. The second-order valence-electron chi connectivity index (χ2n) is 7.56. The highest BCUT2D eigenvalue weighted by Gasteiger charge is 2.30. The number of carbonyl (C=O) groups is 1. The third kappa shape index (κ3) is 5.64. The molecule has 1 amide bonds. The molecular weight excluding hydrogens is 440 g/mol. The predicted molar refractivity (Wildman–Crippen MR) is 128 cm³/mol. The van der Waals surface area contributed by atoms with Crippen molar-refractivity contribution in [3.05, 3.63) is 83.9 Å². The molecule has 0 bridgehead atoms. The summed E-state index contributed by atoms with van der Waals surface area (Å²) in [4.78, 5) is 13.1. The van der Waals surface area contributed by atoms with Gasteiger partial charge in [0.1, 0.15) is 18.0 Å². The number of sulfonamides is 1. The summed E-state index contributed by atoms with van der Waals surface area (Å²) in [6.45, 7) is 3.41. The van der Waals surface area contributed by atoms with Gasteiger partial charge in [0.15, 0.2) is 0 Å². The Morgan fingerprint density at radius 1 is 0.970 bits per heavy atom. The first-order valence-corrected chi connectivity index (χ1v) is 11.9. The van der Waals surface area contributed by atoms with Crippen molar-refractivity contribution in [2.45, 2.75) is 24.8 Å². The standard InChI is InChI=1S/C25H28N2O5S/c1-18-10-12-20(13-11-18)19(2)26-25(28)17-27(33(29,30)22-8-6-5-7-9-22)23-16-21(31-3)14-15-24(23)32-4/h5-16,19H,17H2,1-4H3,(H,26,28)/t19-/m0/s1. The number of ether oxygens (including phenoxy) is 2. The van der Waals surface area contributed by atoms with Crippen LogP contribution in [0.25, 0.3) is 0 Å². The summed E-state index contributed by atoms with van der Waals surface area (Å²) in [7, 11) is -1.15. The highest BCUT2D eigenvalue weighted by atomic mass is 32.2. The van der Waals surface area contributed by atoms with Gasteiger partial charge in [0.25, 0.3) is 10.0 Å². The molecule has 3 rings (SSSR count). The van der Waals surface area contributed by atoms with Crippen molar-refractivity contribution in [1.82, 2.24) is 5.32 Å². The fourth-order valence-electron chi connectivity index (χ4n) is 3.37. The number of benzene rings is 3. The Morgan fingerprint density at radius 3 is 2.24 bits per heavy atom. The first-order valence-electron chi connectivity index (χ1n) is 10.4. The minimum absolute atomic E-state index is 0.0641. The van der Waals surface area contributed by atoms with Gasteiger partial charge in [-0.2, -0.15) is 0 Å². The fraction of sp³-hybridized carbons (Fsp3) is 0.240. The molecule has 174 valence electrons. The number of rotatable bonds is 9. The number of hydrogen-bond donors (Lipinski definition) is 1. The molecule has 0 heterocycles. The molecule has 7 nitrogen and oxygen atoms in total. The molecule has 0 saturated carbocycles. The number of hydrogen-bond acceptors (Lipinski definition) is 5. The van der Waals surface area contributed by atoms with Crippen LogP contribution in [0, 0.1) is 6.92 Å². The van der Waals surface area contributed by atoms with Crippen molar-refractivity contribution >= 4 is 21.6 Å². The average Bonchev–Trinajstić information content (AvgIpc) is 2.83. The molecule has 8 heteroatoms. The molecule has 1 N–H and O–H groups in total. The minimum atomic E-state index is -4.08. The zero-order valence-corrected chi connectivity index (χ0v) is 19.9. The maximum Gasteiger partial charge on any atom is 0.264 e. The van der Waals surface area contributed by atoms with Crippen LogP contribution in [0.4, 0.5) is 5.69 Å². The van der Waals surface area contributed by atoms with E-state index >= 15 is 0 Å². The maximum absolute atomic E-state index is 13.6. The van der Waals surface area contributed by atoms with Crippen molar-refractivity contribution in [2.75, 3.05) is 25.1 Å². The number of aryl methyl sites for hydroxylation is 1. The van der Waals surface area contributed by atoms with Crippen LogP contribution in [0.1, 0.15) is 24.1 Å². The van der Waals surface area contributed by atoms with E-state index < -0.39 is 22.5 Å². The second kappa shape index (κ2) is 10.4. The molecule has 0 aliphatic carbocycles. The predicted octanol–water partition coefficient (Wildman–Crippen LogP) is 4.08. The van der Waals surface area contributed by atoms with Gasteiger partial charge in [-0.3, -0.25) is 9.10 Å². The van der Waals surface area contributed by atoms with Crippen LogP contribution < -0.4 is 19.1 Å². The lowest BCUT2D eigenvalue weighted by Crippen LogP contribution is -2.41. The molecule has 33 heavy (non-hydrogen) atoms. The van der Waals surface area contributed by atoms with E-state index in [-0.39, 0.29) is 16.6 Å². The largest absolute Gasteiger partial charge is 0.497 e. The van der Waals surface area contributed by atoms with E-state index in [0.717, 1.165) is 15.4 Å². The first-order chi connectivity index (χ1) is 15.8. The topological polar surface area (TPSA) is 84.9 Å². The summed E-state index contributed by atoms with van der Waals surface area (Å²) in [6, 6.07) is 20.3. The van der Waals surface area contributed by atoms with Crippen molar-refractivity contribution in [1.29, 1.82) is 0 Å². The lowest BCUT2D eigenvalue weighted by atomic mass is 10.1. The first kappa shape index (κ1) is 24.1. The molecular formula is C25H28N2O5S. The van der Waals surface area contributed by atoms with E-state index in [0.29, 0.717) is 11.5 Å². The summed E-state index contributed by atoms with van der Waals surface area (Å²) >= 11 is 0. The Morgan fingerprint density at radius 2 is 1.64 bits per heavy atom. The van der Waals surface area contributed by atoms with Crippen molar-refractivity contribution in [3.63, 3.8) is 0 Å². The summed E-state index contributed by atoms with van der Waals surface area (Å²) in [6.07, 6.45) is 0. The molecule has 0 spiro atoms. The Kier molecular flexibility index (Phi) is 7.60. The van der Waals surface area contributed by atoms with Gasteiger partial charge < -0.3 is 14.8 Å². The third-order valence-corrected chi connectivity index (χ3v) is 7.00. The van der Waals surface area contributed by atoms with Crippen LogP contribution in [-0.4, -0.2) is 35.1 Å². The van der Waals surface area contributed by atoms with E-state index in [9.17, 15) is 13.2 Å². The average molecular weight is 469 g/mol. The summed E-state index contributed by atoms with van der Waals surface area (Å²) in [5.41, 5.74) is 2.24. The fourth-order valence-corrected chi connectivity index (χ4v) is 4.81. The highest BCUT2D eigenvalue weighted by Crippen LogP contribution is 2.35. The van der Waals surface area contributed by atoms with Crippen LogP contribution in [0.5, 0.6) is 11.5 Å². The molecule has 3 aromatic rings. The zero-order valence-electron chi connectivity index (χ0n) is 19.1. The molecule has 0 radical (unpaired) electrons. The van der Waals surface area contributed by atoms with Crippen molar-refractivity contribution in [2.24, 2.45) is 0 Å². The number of anilines is 1. The molecule has 0 unspecified atom stereocenters. The molecule has 3 aromatic carbocycles. The number of methoxy groups -OCH3 is 2. The SMILES string of the molecule is COc1ccc(OC)c(N(CC(=O)N[C@@H](C)c2ccc(C)cc2)S(=O)(=O)c2ccccc2)c1. The smallest absolute Gasteiger partial charge is 0.264 e. The number of nitrogens with zero attached hydrogens (tertiary/aromatic N) is 1. The van der Waals surface area contributed by atoms with Gasteiger partial charge in [-0.25, -0.2) is 8.42 Å². The lowest BCUT2D eigenvalue weighted by Gasteiger charge is -2.26. The van der Waals surface area contributed by atoms with Gasteiger partial charge in [0.2, 0.25) is 5.91 Å². The summed E-state index contributed by atoms with van der Waals surface area (Å²) in [5, 5.41) is 2.89. The van der Waals surface area contributed by atoms with E-state index in [2.05, 4.69) is 5.32 Å². The van der Waals surface area contributed by atoms with Crippen LogP contribution in [0.3, 0.4) is 0 Å². The van der Waals surface area contributed by atoms with E-state index in [4.69, 9.17) is 9.47 Å². The summed E-state index contributed by atoms with van der Waals surface area (Å²) < 4.78 is 38.9. The van der Waals surface area contributed by atoms with Crippen LogP contribution >= 0.6 is 0 Å². The van der Waals surface area contributed by atoms with Gasteiger partial charge in [-0.1, -0.05) is 48.0 Å². The van der Waals surface area contributed by atoms with E-state index in [1.807, 2.05) is 38.1 Å². The van der Waals surface area contributed by atoms with Crippen LogP contribution in [-0.2, 0) is 14.8 Å². The Hall–Kier alpha value is -3.52. The number of carbonyl (C=O) groups excluding carboxylic acids is 1. The molecule has 0 saturated heterocycles. The minimum Gasteiger partial charge on any atom is -0.497 e. The monoisotopic (exact) mass is 468 g/mol. The quantitative estimate of drug-likeness (QED) is 0.511. The van der Waals surface area contributed by atoms with Gasteiger partial charge in [0, 0.05) is 6.07 Å². The molecule has 0 aromatic heterocycles. The Labute approximate surface area is 195 Å². The lowest BCUT2D eigenvalue weighted by molar-refractivity contribution is -0.120. The number of amides is 1. The van der Waals surface area contributed by atoms with E-state index in [1.165, 1.54) is 32.4 Å². The summed E-state index contributed by atoms with van der Waals surface area (Å²) in [5.74, 6) is 0.287.